The van der Waals surface area contributed by atoms with Crippen LogP contribution in [0.25, 0.3) is 0 Å². The maximum atomic E-state index is 13.3. The lowest BCUT2D eigenvalue weighted by atomic mass is 9.77. The molecule has 0 aliphatic carbocycles. The fourth-order valence-corrected chi connectivity index (χ4v) is 6.32. The number of hydrogen-bond acceptors (Lipinski definition) is 5. The van der Waals surface area contributed by atoms with E-state index in [0.29, 0.717) is 34.0 Å². The summed E-state index contributed by atoms with van der Waals surface area (Å²) in [7, 11) is 0. The normalized spacial score (nSPS) is 16.4. The molecular weight excluding hydrogens is 577 g/mol. The Morgan fingerprint density at radius 2 is 1.42 bits per heavy atom. The lowest BCUT2D eigenvalue weighted by Gasteiger charge is -2.37. The van der Waals surface area contributed by atoms with E-state index in [4.69, 9.17) is 9.47 Å². The minimum atomic E-state index is -4.41. The first kappa shape index (κ1) is 30.6. The number of alkyl halides is 3. The standard InChI is InChI=1S/C37H37F3N2O3/c1-3-5-9-21-42(22-10-6-4-2)28-18-19-31-34(24-28)44-33-20-17-27(41-26-15-13-25(14-16-26)37(38,39)40)23-32(33)36(31)30-12-8-7-11-29(30)35(43)45-36/h7-8,11-20,23-24,41H,3-6,9-10,21-22H2,1-2H3. The first-order chi connectivity index (χ1) is 21.7. The van der Waals surface area contributed by atoms with E-state index in [9.17, 15) is 18.0 Å². The van der Waals surface area contributed by atoms with Crippen molar-refractivity contribution in [2.24, 2.45) is 0 Å². The first-order valence-electron chi connectivity index (χ1n) is 15.7. The average Bonchev–Trinajstić information content (AvgIpc) is 3.33. The molecule has 0 saturated carbocycles. The molecule has 234 valence electrons. The van der Waals surface area contributed by atoms with Crippen molar-refractivity contribution in [3.05, 3.63) is 113 Å². The van der Waals surface area contributed by atoms with Crippen molar-refractivity contribution in [2.45, 2.75) is 64.1 Å². The van der Waals surface area contributed by atoms with Gasteiger partial charge in [0.15, 0.2) is 5.60 Å². The van der Waals surface area contributed by atoms with Crippen molar-refractivity contribution < 1.29 is 27.4 Å². The molecule has 4 aromatic rings. The van der Waals surface area contributed by atoms with Crippen LogP contribution in [0.3, 0.4) is 0 Å². The highest BCUT2D eigenvalue weighted by atomic mass is 19.4. The van der Waals surface area contributed by atoms with E-state index in [1.54, 1.807) is 6.07 Å². The molecule has 5 nitrogen and oxygen atoms in total. The predicted octanol–water partition coefficient (Wildman–Crippen LogP) is 10.2. The van der Waals surface area contributed by atoms with E-state index in [0.717, 1.165) is 80.6 Å². The molecule has 0 amide bonds. The second-order valence-electron chi connectivity index (χ2n) is 11.7. The molecule has 1 unspecified atom stereocenters. The lowest BCUT2D eigenvalue weighted by molar-refractivity contribution is -0.137. The number of ether oxygens (including phenoxy) is 2. The van der Waals surface area contributed by atoms with Crippen LogP contribution in [-0.4, -0.2) is 19.1 Å². The highest BCUT2D eigenvalue weighted by molar-refractivity contribution is 5.97. The van der Waals surface area contributed by atoms with Gasteiger partial charge in [-0.1, -0.05) is 57.7 Å². The van der Waals surface area contributed by atoms with Crippen molar-refractivity contribution >= 4 is 23.0 Å². The second-order valence-corrected chi connectivity index (χ2v) is 11.7. The van der Waals surface area contributed by atoms with Gasteiger partial charge in [0, 0.05) is 52.9 Å². The van der Waals surface area contributed by atoms with Crippen molar-refractivity contribution in [1.82, 2.24) is 0 Å². The Morgan fingerprint density at radius 3 is 2.11 bits per heavy atom. The number of unbranched alkanes of at least 4 members (excludes halogenated alkanes) is 4. The molecule has 0 radical (unpaired) electrons. The van der Waals surface area contributed by atoms with Crippen LogP contribution in [0.2, 0.25) is 0 Å². The molecular formula is C37H37F3N2O3. The molecule has 4 aromatic carbocycles. The maximum absolute atomic E-state index is 13.3. The molecule has 6 rings (SSSR count). The Bertz CT molecular complexity index is 1680. The van der Waals surface area contributed by atoms with Crippen LogP contribution in [0.4, 0.5) is 30.2 Å². The molecule has 0 fully saturated rings. The van der Waals surface area contributed by atoms with Gasteiger partial charge in [-0.25, -0.2) is 4.79 Å². The smallest absolute Gasteiger partial charge is 0.416 e. The quantitative estimate of drug-likeness (QED) is 0.135. The van der Waals surface area contributed by atoms with Crippen LogP contribution in [0.15, 0.2) is 84.9 Å². The number of nitrogens with one attached hydrogen (secondary N) is 1. The van der Waals surface area contributed by atoms with Crippen LogP contribution in [-0.2, 0) is 16.5 Å². The molecule has 2 heterocycles. The average molecular weight is 615 g/mol. The van der Waals surface area contributed by atoms with Crippen molar-refractivity contribution in [1.29, 1.82) is 0 Å². The van der Waals surface area contributed by atoms with E-state index in [2.05, 4.69) is 36.2 Å². The van der Waals surface area contributed by atoms with Gasteiger partial charge in [-0.05, 0) is 73.5 Å². The number of carbonyl (C=O) groups is 1. The van der Waals surface area contributed by atoms with Crippen LogP contribution in [0.5, 0.6) is 11.5 Å². The Labute approximate surface area is 262 Å². The summed E-state index contributed by atoms with van der Waals surface area (Å²) < 4.78 is 52.2. The zero-order chi connectivity index (χ0) is 31.6. The molecule has 2 aliphatic heterocycles. The van der Waals surface area contributed by atoms with E-state index in [-0.39, 0.29) is 0 Å². The van der Waals surface area contributed by atoms with Gasteiger partial charge >= 0.3 is 12.1 Å². The Morgan fingerprint density at radius 1 is 0.733 bits per heavy atom. The highest BCUT2D eigenvalue weighted by Crippen LogP contribution is 2.57. The largest absolute Gasteiger partial charge is 0.456 e. The molecule has 1 spiro atoms. The predicted molar refractivity (Wildman–Crippen MR) is 171 cm³/mol. The SMILES string of the molecule is CCCCCN(CCCCC)c1ccc2c(c1)Oc1ccc(Nc3ccc(C(F)(F)F)cc3)cc1C21OC(=O)c2ccccc21. The maximum Gasteiger partial charge on any atom is 0.416 e. The second kappa shape index (κ2) is 12.5. The fourth-order valence-electron chi connectivity index (χ4n) is 6.32. The topological polar surface area (TPSA) is 50.8 Å². The molecule has 1 atom stereocenters. The minimum Gasteiger partial charge on any atom is -0.456 e. The van der Waals surface area contributed by atoms with Crippen LogP contribution in [0.1, 0.15) is 85.0 Å². The van der Waals surface area contributed by atoms with Gasteiger partial charge in [-0.15, -0.1) is 0 Å². The fraction of sp³-hybridized carbons (Fsp3) is 0.324. The highest BCUT2D eigenvalue weighted by Gasteiger charge is 2.53. The summed E-state index contributed by atoms with van der Waals surface area (Å²) in [4.78, 5) is 15.8. The number of fused-ring (bicyclic) bond motifs is 6. The van der Waals surface area contributed by atoms with Crippen LogP contribution >= 0.6 is 0 Å². The van der Waals surface area contributed by atoms with Gasteiger partial charge in [-0.2, -0.15) is 13.2 Å². The van der Waals surface area contributed by atoms with Gasteiger partial charge < -0.3 is 19.7 Å². The van der Waals surface area contributed by atoms with E-state index >= 15 is 0 Å². The number of benzene rings is 4. The Balaban J connectivity index is 1.41. The summed E-state index contributed by atoms with van der Waals surface area (Å²) in [6.45, 7) is 6.32. The first-order valence-corrected chi connectivity index (χ1v) is 15.7. The van der Waals surface area contributed by atoms with Gasteiger partial charge in [0.25, 0.3) is 0 Å². The van der Waals surface area contributed by atoms with Gasteiger partial charge in [0.2, 0.25) is 0 Å². The summed E-state index contributed by atoms with van der Waals surface area (Å²) in [6, 6.07) is 23.9. The third-order valence-corrected chi connectivity index (χ3v) is 8.62. The van der Waals surface area contributed by atoms with Crippen molar-refractivity contribution in [2.75, 3.05) is 23.3 Å². The number of rotatable bonds is 11. The van der Waals surface area contributed by atoms with Crippen LogP contribution in [0, 0.1) is 0 Å². The Hall–Kier alpha value is -4.46. The summed E-state index contributed by atoms with van der Waals surface area (Å²) in [5.41, 5.74) is 2.80. The lowest BCUT2D eigenvalue weighted by Crippen LogP contribution is -2.33. The van der Waals surface area contributed by atoms with Gasteiger partial charge in [0.1, 0.15) is 11.5 Å². The number of halogens is 3. The molecule has 1 N–H and O–H groups in total. The number of nitrogens with zero attached hydrogens (tertiary/aromatic N) is 1. The molecule has 8 heteroatoms. The van der Waals surface area contributed by atoms with Crippen molar-refractivity contribution in [3.63, 3.8) is 0 Å². The third-order valence-electron chi connectivity index (χ3n) is 8.62. The van der Waals surface area contributed by atoms with Crippen molar-refractivity contribution in [3.8, 4) is 11.5 Å². The summed E-state index contributed by atoms with van der Waals surface area (Å²) in [6.07, 6.45) is 2.42. The molecule has 0 aromatic heterocycles. The molecule has 45 heavy (non-hydrogen) atoms. The molecule has 0 bridgehead atoms. The number of hydrogen-bond donors (Lipinski definition) is 1. The number of carbonyl (C=O) groups excluding carboxylic acids is 1. The molecule has 0 saturated heterocycles. The number of esters is 1. The van der Waals surface area contributed by atoms with Crippen LogP contribution < -0.4 is 15.0 Å². The summed E-state index contributed by atoms with van der Waals surface area (Å²) >= 11 is 0. The Kier molecular flexibility index (Phi) is 8.49. The van der Waals surface area contributed by atoms with Gasteiger partial charge in [-0.3, -0.25) is 0 Å². The van der Waals surface area contributed by atoms with E-state index < -0.39 is 23.3 Å². The molecule has 2 aliphatic rings. The zero-order valence-corrected chi connectivity index (χ0v) is 25.5. The zero-order valence-electron chi connectivity index (χ0n) is 25.5. The van der Waals surface area contributed by atoms with E-state index in [1.807, 2.05) is 42.5 Å². The summed E-state index contributed by atoms with van der Waals surface area (Å²) in [5.74, 6) is 0.755. The van der Waals surface area contributed by atoms with Gasteiger partial charge in [0.05, 0.1) is 11.1 Å². The number of anilines is 3. The summed E-state index contributed by atoms with van der Waals surface area (Å²) in [5, 5.41) is 3.20. The third kappa shape index (κ3) is 5.86. The van der Waals surface area contributed by atoms with E-state index in [1.165, 1.54) is 12.1 Å². The minimum absolute atomic E-state index is 0.421. The monoisotopic (exact) mass is 614 g/mol.